The van der Waals surface area contributed by atoms with E-state index in [0.717, 1.165) is 18.9 Å². The molecular formula is C26H42O6. The Bertz CT molecular complexity index is 612. The molecule has 0 saturated carbocycles. The summed E-state index contributed by atoms with van der Waals surface area (Å²) in [6.45, 7) is 2.27. The Morgan fingerprint density at radius 1 is 0.594 bits per heavy atom. The Morgan fingerprint density at radius 2 is 0.938 bits per heavy atom. The van der Waals surface area contributed by atoms with E-state index in [1.165, 1.54) is 102 Å². The number of hydrogen-bond donors (Lipinski definition) is 3. The van der Waals surface area contributed by atoms with Gasteiger partial charge < -0.3 is 15.3 Å². The van der Waals surface area contributed by atoms with Crippen LogP contribution < -0.4 is 0 Å². The second-order valence-electron chi connectivity index (χ2n) is 8.28. The van der Waals surface area contributed by atoms with Crippen LogP contribution in [-0.4, -0.2) is 33.2 Å². The third-order valence-electron chi connectivity index (χ3n) is 5.35. The van der Waals surface area contributed by atoms with Crippen LogP contribution in [0.2, 0.25) is 0 Å². The molecule has 0 aromatic heterocycles. The number of rotatable bonds is 18. The Labute approximate surface area is 193 Å². The third kappa shape index (κ3) is 18.4. The molecule has 6 nitrogen and oxygen atoms in total. The van der Waals surface area contributed by atoms with Gasteiger partial charge in [0.1, 0.15) is 0 Å². The first kappa shape index (κ1) is 29.6. The maximum Gasteiger partial charge on any atom is 0.335 e. The van der Waals surface area contributed by atoms with Gasteiger partial charge in [-0.25, -0.2) is 9.59 Å². The predicted octanol–water partition coefficient (Wildman–Crippen LogP) is 7.42. The van der Waals surface area contributed by atoms with Crippen molar-refractivity contribution < 1.29 is 29.7 Å². The second kappa shape index (κ2) is 20.5. The quantitative estimate of drug-likeness (QED) is 0.201. The highest BCUT2D eigenvalue weighted by Crippen LogP contribution is 2.13. The van der Waals surface area contributed by atoms with Crippen LogP contribution in [0.15, 0.2) is 24.3 Å². The molecule has 1 aromatic rings. The molecule has 1 aromatic carbocycles. The largest absolute Gasteiger partial charge is 0.481 e. The SMILES string of the molecule is CCCCCCCCCCCCCCCCCC(=O)O.O=C(O)c1cccc(C(=O)O)c1. The molecule has 0 spiro atoms. The maximum atomic E-state index is 10.4. The molecule has 6 heteroatoms. The number of carboxylic acid groups (broad SMARTS) is 3. The lowest BCUT2D eigenvalue weighted by atomic mass is 10.0. The van der Waals surface area contributed by atoms with Crippen LogP contribution >= 0.6 is 0 Å². The van der Waals surface area contributed by atoms with Crippen LogP contribution in [-0.2, 0) is 4.79 Å². The first-order chi connectivity index (χ1) is 15.4. The van der Waals surface area contributed by atoms with Crippen LogP contribution in [0, 0.1) is 0 Å². The highest BCUT2D eigenvalue weighted by Gasteiger charge is 2.06. The smallest absolute Gasteiger partial charge is 0.335 e. The van der Waals surface area contributed by atoms with E-state index in [-0.39, 0.29) is 11.1 Å². The number of aromatic carboxylic acids is 2. The van der Waals surface area contributed by atoms with Gasteiger partial charge in [0.2, 0.25) is 0 Å². The van der Waals surface area contributed by atoms with Gasteiger partial charge in [-0.1, -0.05) is 103 Å². The van der Waals surface area contributed by atoms with Gasteiger partial charge in [-0.05, 0) is 24.6 Å². The van der Waals surface area contributed by atoms with Gasteiger partial charge in [-0.2, -0.15) is 0 Å². The number of benzene rings is 1. The Morgan fingerprint density at radius 3 is 1.25 bits per heavy atom. The number of aliphatic carboxylic acids is 1. The Balaban J connectivity index is 0.000000677. The van der Waals surface area contributed by atoms with Crippen molar-refractivity contribution in [2.75, 3.05) is 0 Å². The van der Waals surface area contributed by atoms with Crippen molar-refractivity contribution in [2.24, 2.45) is 0 Å². The lowest BCUT2D eigenvalue weighted by molar-refractivity contribution is -0.137. The topological polar surface area (TPSA) is 112 Å². The molecule has 0 aliphatic rings. The van der Waals surface area contributed by atoms with Crippen LogP contribution in [0.25, 0.3) is 0 Å². The molecular weight excluding hydrogens is 408 g/mol. The molecule has 0 amide bonds. The van der Waals surface area contributed by atoms with E-state index in [1.54, 1.807) is 0 Å². The molecule has 0 aliphatic heterocycles. The third-order valence-corrected chi connectivity index (χ3v) is 5.35. The summed E-state index contributed by atoms with van der Waals surface area (Å²) in [4.78, 5) is 31.1. The highest BCUT2D eigenvalue weighted by atomic mass is 16.4. The molecule has 1 rings (SSSR count). The van der Waals surface area contributed by atoms with Crippen molar-refractivity contribution >= 4 is 17.9 Å². The zero-order valence-electron chi connectivity index (χ0n) is 19.7. The highest BCUT2D eigenvalue weighted by molar-refractivity contribution is 5.93. The van der Waals surface area contributed by atoms with E-state index >= 15 is 0 Å². The number of hydrogen-bond acceptors (Lipinski definition) is 3. The van der Waals surface area contributed by atoms with Crippen molar-refractivity contribution in [3.05, 3.63) is 35.4 Å². The van der Waals surface area contributed by atoms with Gasteiger partial charge in [0.25, 0.3) is 0 Å². The minimum atomic E-state index is -1.13. The summed E-state index contributed by atoms with van der Waals surface area (Å²) in [7, 11) is 0. The van der Waals surface area contributed by atoms with Crippen molar-refractivity contribution in [1.29, 1.82) is 0 Å². The molecule has 182 valence electrons. The summed E-state index contributed by atoms with van der Waals surface area (Å²) < 4.78 is 0. The minimum Gasteiger partial charge on any atom is -0.481 e. The Hall–Kier alpha value is -2.37. The van der Waals surface area contributed by atoms with E-state index in [1.807, 2.05) is 0 Å². The summed E-state index contributed by atoms with van der Waals surface area (Å²) >= 11 is 0. The monoisotopic (exact) mass is 450 g/mol. The molecule has 0 atom stereocenters. The van der Waals surface area contributed by atoms with Crippen LogP contribution in [0.5, 0.6) is 0 Å². The van der Waals surface area contributed by atoms with Crippen molar-refractivity contribution in [1.82, 2.24) is 0 Å². The summed E-state index contributed by atoms with van der Waals surface area (Å²) in [5, 5.41) is 25.5. The summed E-state index contributed by atoms with van der Waals surface area (Å²) in [5.74, 6) is -2.91. The maximum absolute atomic E-state index is 10.4. The fraction of sp³-hybridized carbons (Fsp3) is 0.654. The van der Waals surface area contributed by atoms with E-state index in [2.05, 4.69) is 6.92 Å². The standard InChI is InChI=1S/C18H36O2.C8H6O4/c1-2-3-4-5-6-7-8-9-10-11-12-13-14-15-16-17-18(19)20;9-7(10)5-2-1-3-6(4-5)8(11)12/h2-17H2,1H3,(H,19,20);1-4H,(H,9,10)(H,11,12). The van der Waals surface area contributed by atoms with Crippen molar-refractivity contribution in [2.45, 2.75) is 110 Å². The molecule has 0 aliphatic carbocycles. The first-order valence-electron chi connectivity index (χ1n) is 12.2. The zero-order valence-corrected chi connectivity index (χ0v) is 19.7. The van der Waals surface area contributed by atoms with Crippen LogP contribution in [0.4, 0.5) is 0 Å². The van der Waals surface area contributed by atoms with Gasteiger partial charge in [0, 0.05) is 6.42 Å². The molecule has 0 unspecified atom stereocenters. The second-order valence-corrected chi connectivity index (χ2v) is 8.28. The fourth-order valence-electron chi connectivity index (χ4n) is 3.43. The van der Waals surface area contributed by atoms with Gasteiger partial charge in [0.05, 0.1) is 11.1 Å². The molecule has 0 fully saturated rings. The van der Waals surface area contributed by atoms with E-state index in [0.29, 0.717) is 6.42 Å². The van der Waals surface area contributed by atoms with Crippen LogP contribution in [0.3, 0.4) is 0 Å². The molecule has 0 radical (unpaired) electrons. The summed E-state index contributed by atoms with van der Waals surface area (Å²) in [6.07, 6.45) is 20.2. The van der Waals surface area contributed by atoms with E-state index in [9.17, 15) is 14.4 Å². The molecule has 0 heterocycles. The lowest BCUT2D eigenvalue weighted by Crippen LogP contribution is -2.01. The van der Waals surface area contributed by atoms with Gasteiger partial charge in [-0.3, -0.25) is 4.79 Å². The molecule has 3 N–H and O–H groups in total. The number of carboxylic acids is 3. The Kier molecular flexibility index (Phi) is 19.0. The minimum absolute atomic E-state index is 0.0186. The number of unbranched alkanes of at least 4 members (excludes halogenated alkanes) is 14. The summed E-state index contributed by atoms with van der Waals surface area (Å²) in [6, 6.07) is 5.20. The van der Waals surface area contributed by atoms with Gasteiger partial charge in [0.15, 0.2) is 0 Å². The average Bonchev–Trinajstić information content (AvgIpc) is 2.76. The molecule has 0 bridgehead atoms. The lowest BCUT2D eigenvalue weighted by Gasteiger charge is -2.03. The number of carbonyl (C=O) groups is 3. The van der Waals surface area contributed by atoms with E-state index < -0.39 is 17.9 Å². The summed E-state index contributed by atoms with van der Waals surface area (Å²) in [5.41, 5.74) is -0.0372. The van der Waals surface area contributed by atoms with Crippen LogP contribution in [0.1, 0.15) is 130 Å². The van der Waals surface area contributed by atoms with Crippen molar-refractivity contribution in [3.63, 3.8) is 0 Å². The zero-order chi connectivity index (χ0) is 24.0. The molecule has 32 heavy (non-hydrogen) atoms. The fourth-order valence-corrected chi connectivity index (χ4v) is 3.43. The predicted molar refractivity (Wildman–Crippen MR) is 128 cm³/mol. The van der Waals surface area contributed by atoms with Gasteiger partial charge in [-0.15, -0.1) is 0 Å². The average molecular weight is 451 g/mol. The van der Waals surface area contributed by atoms with Crippen molar-refractivity contribution in [3.8, 4) is 0 Å². The normalized spacial score (nSPS) is 10.3. The molecule has 0 saturated heterocycles. The van der Waals surface area contributed by atoms with Gasteiger partial charge >= 0.3 is 17.9 Å². The first-order valence-corrected chi connectivity index (χ1v) is 12.2. The van der Waals surface area contributed by atoms with E-state index in [4.69, 9.17) is 15.3 Å².